The minimum atomic E-state index is -1.64. The van der Waals surface area contributed by atoms with Gasteiger partial charge in [0.05, 0.1) is 6.61 Å². The van der Waals surface area contributed by atoms with Crippen molar-refractivity contribution < 1.29 is 19.4 Å². The number of hydrogen-bond donors (Lipinski definition) is 1. The standard InChI is InChI=1S/C9H15ClO4/c1-7(2,3)8(5-13-4)9(10,14-8)6(11)12/h5H2,1-4H3,(H,11,12). The monoisotopic (exact) mass is 222 g/mol. The van der Waals surface area contributed by atoms with Crippen molar-refractivity contribution in [2.24, 2.45) is 5.41 Å². The molecule has 0 aromatic carbocycles. The first-order valence-electron chi connectivity index (χ1n) is 4.33. The molecule has 1 saturated heterocycles. The topological polar surface area (TPSA) is 59.1 Å². The summed E-state index contributed by atoms with van der Waals surface area (Å²) in [4.78, 5) is 10.9. The Morgan fingerprint density at radius 3 is 2.29 bits per heavy atom. The maximum Gasteiger partial charge on any atom is 0.355 e. The van der Waals surface area contributed by atoms with Crippen LogP contribution < -0.4 is 0 Å². The van der Waals surface area contributed by atoms with Gasteiger partial charge in [-0.15, -0.1) is 0 Å². The number of rotatable bonds is 3. The van der Waals surface area contributed by atoms with Crippen molar-refractivity contribution in [2.45, 2.75) is 31.4 Å². The van der Waals surface area contributed by atoms with Crippen molar-refractivity contribution in [2.75, 3.05) is 13.7 Å². The van der Waals surface area contributed by atoms with Gasteiger partial charge >= 0.3 is 5.97 Å². The van der Waals surface area contributed by atoms with Crippen molar-refractivity contribution in [3.05, 3.63) is 0 Å². The number of aliphatic carboxylic acids is 1. The van der Waals surface area contributed by atoms with Gasteiger partial charge in [-0.2, -0.15) is 0 Å². The first-order valence-corrected chi connectivity index (χ1v) is 4.70. The molecule has 2 atom stereocenters. The van der Waals surface area contributed by atoms with E-state index in [1.165, 1.54) is 7.11 Å². The summed E-state index contributed by atoms with van der Waals surface area (Å²) < 4.78 is 10.2. The summed E-state index contributed by atoms with van der Waals surface area (Å²) in [5.74, 6) is -1.16. The van der Waals surface area contributed by atoms with E-state index in [2.05, 4.69) is 0 Å². The molecule has 1 aliphatic rings. The summed E-state index contributed by atoms with van der Waals surface area (Å²) in [5, 5.41) is 7.29. The van der Waals surface area contributed by atoms with Crippen molar-refractivity contribution in [3.63, 3.8) is 0 Å². The van der Waals surface area contributed by atoms with Crippen molar-refractivity contribution >= 4 is 17.6 Å². The molecule has 1 fully saturated rings. The summed E-state index contributed by atoms with van der Waals surface area (Å²) in [6.07, 6.45) is 0. The van der Waals surface area contributed by atoms with Crippen LogP contribution in [0.25, 0.3) is 0 Å². The number of epoxide rings is 1. The molecule has 14 heavy (non-hydrogen) atoms. The molecule has 0 aromatic heterocycles. The zero-order chi connectivity index (χ0) is 11.2. The van der Waals surface area contributed by atoms with Gasteiger partial charge in [-0.05, 0) is 5.41 Å². The van der Waals surface area contributed by atoms with Gasteiger partial charge in [0, 0.05) is 7.11 Å². The highest BCUT2D eigenvalue weighted by Crippen LogP contribution is 2.60. The smallest absolute Gasteiger partial charge is 0.355 e. The number of carboxylic acid groups (broad SMARTS) is 1. The molecule has 82 valence electrons. The molecule has 0 saturated carbocycles. The number of ether oxygens (including phenoxy) is 2. The Hall–Kier alpha value is -0.320. The van der Waals surface area contributed by atoms with Crippen molar-refractivity contribution in [3.8, 4) is 0 Å². The van der Waals surface area contributed by atoms with Crippen LogP contribution in [0.4, 0.5) is 0 Å². The minimum absolute atomic E-state index is 0.173. The summed E-state index contributed by atoms with van der Waals surface area (Å²) in [6.45, 7) is 5.80. The van der Waals surface area contributed by atoms with E-state index in [-0.39, 0.29) is 12.0 Å². The zero-order valence-electron chi connectivity index (χ0n) is 8.76. The molecule has 1 rings (SSSR count). The van der Waals surface area contributed by atoms with Crippen molar-refractivity contribution in [1.82, 2.24) is 0 Å². The zero-order valence-corrected chi connectivity index (χ0v) is 9.51. The number of carbonyl (C=O) groups is 1. The van der Waals surface area contributed by atoms with Crippen molar-refractivity contribution in [1.29, 1.82) is 0 Å². The number of methoxy groups -OCH3 is 1. The van der Waals surface area contributed by atoms with Crippen LogP contribution >= 0.6 is 11.6 Å². The van der Waals surface area contributed by atoms with Gasteiger partial charge in [0.2, 0.25) is 0 Å². The minimum Gasteiger partial charge on any atom is -0.478 e. The fourth-order valence-corrected chi connectivity index (χ4v) is 2.08. The lowest BCUT2D eigenvalue weighted by Crippen LogP contribution is -2.43. The molecule has 0 radical (unpaired) electrons. The Balaban J connectivity index is 2.97. The highest BCUT2D eigenvalue weighted by Gasteiger charge is 2.79. The molecule has 4 nitrogen and oxygen atoms in total. The molecule has 0 aromatic rings. The first-order chi connectivity index (χ1) is 6.21. The van der Waals surface area contributed by atoms with Gasteiger partial charge in [-0.1, -0.05) is 32.4 Å². The van der Waals surface area contributed by atoms with Crippen LogP contribution in [0.5, 0.6) is 0 Å². The average molecular weight is 223 g/mol. The quantitative estimate of drug-likeness (QED) is 0.580. The van der Waals surface area contributed by atoms with E-state index >= 15 is 0 Å². The molecule has 0 aliphatic carbocycles. The molecule has 5 heteroatoms. The first kappa shape index (κ1) is 11.8. The van der Waals surface area contributed by atoms with Crippen LogP contribution in [0.2, 0.25) is 0 Å². The molecule has 0 amide bonds. The largest absolute Gasteiger partial charge is 0.478 e. The second-order valence-corrected chi connectivity index (χ2v) is 5.04. The fourth-order valence-electron chi connectivity index (χ4n) is 1.61. The third kappa shape index (κ3) is 1.33. The van der Waals surface area contributed by atoms with Gasteiger partial charge in [-0.3, -0.25) is 0 Å². The molecule has 0 spiro atoms. The molecule has 1 N–H and O–H groups in total. The van der Waals surface area contributed by atoms with Gasteiger partial charge < -0.3 is 14.6 Å². The van der Waals surface area contributed by atoms with Crippen LogP contribution in [0.1, 0.15) is 20.8 Å². The predicted octanol–water partition coefficient (Wildman–Crippen LogP) is 1.47. The molecule has 2 unspecified atom stereocenters. The number of carboxylic acids is 1. The van der Waals surface area contributed by atoms with Crippen LogP contribution in [0.3, 0.4) is 0 Å². The molecule has 1 heterocycles. The second-order valence-electron chi connectivity index (χ2n) is 4.51. The Labute approximate surface area is 88.1 Å². The number of hydrogen-bond acceptors (Lipinski definition) is 3. The van der Waals surface area contributed by atoms with Gasteiger partial charge in [0.15, 0.2) is 5.60 Å². The van der Waals surface area contributed by atoms with Crippen LogP contribution in [-0.2, 0) is 14.3 Å². The predicted molar refractivity (Wildman–Crippen MR) is 51.4 cm³/mol. The molecule has 1 aliphatic heterocycles. The number of alkyl halides is 1. The van der Waals surface area contributed by atoms with Gasteiger partial charge in [-0.25, -0.2) is 4.79 Å². The molecular formula is C9H15ClO4. The highest BCUT2D eigenvalue weighted by atomic mass is 35.5. The van der Waals surface area contributed by atoms with E-state index in [0.29, 0.717) is 0 Å². The lowest BCUT2D eigenvalue weighted by atomic mass is 9.78. The van der Waals surface area contributed by atoms with E-state index in [9.17, 15) is 4.79 Å². The Kier molecular flexibility index (Phi) is 2.59. The Morgan fingerprint density at radius 1 is 1.57 bits per heavy atom. The fraction of sp³-hybridized carbons (Fsp3) is 0.889. The third-order valence-corrected chi connectivity index (χ3v) is 3.17. The van der Waals surface area contributed by atoms with Gasteiger partial charge in [0.25, 0.3) is 5.06 Å². The summed E-state index contributed by atoms with van der Waals surface area (Å²) >= 11 is 5.86. The third-order valence-electron chi connectivity index (χ3n) is 2.63. The Bertz CT molecular complexity index is 260. The summed E-state index contributed by atoms with van der Waals surface area (Å²) in [6, 6.07) is 0. The Morgan fingerprint density at radius 2 is 2.07 bits per heavy atom. The summed E-state index contributed by atoms with van der Waals surface area (Å²) in [5.41, 5.74) is -1.33. The normalized spacial score (nSPS) is 36.9. The lowest BCUT2D eigenvalue weighted by molar-refractivity contribution is -0.140. The number of halogens is 1. The molecule has 0 bridgehead atoms. The van der Waals surface area contributed by atoms with E-state index in [1.807, 2.05) is 20.8 Å². The average Bonchev–Trinajstić information content (AvgIpc) is 2.59. The summed E-state index contributed by atoms with van der Waals surface area (Å²) in [7, 11) is 1.49. The van der Waals surface area contributed by atoms with E-state index in [4.69, 9.17) is 26.2 Å². The van der Waals surface area contributed by atoms with E-state index < -0.39 is 16.6 Å². The lowest BCUT2D eigenvalue weighted by Gasteiger charge is -2.27. The SMILES string of the molecule is COCC1(C(C)(C)C)OC1(Cl)C(=O)O. The second kappa shape index (κ2) is 3.08. The maximum atomic E-state index is 10.9. The molecular weight excluding hydrogens is 208 g/mol. The van der Waals surface area contributed by atoms with Crippen LogP contribution in [0.15, 0.2) is 0 Å². The highest BCUT2D eigenvalue weighted by molar-refractivity contribution is 6.35. The van der Waals surface area contributed by atoms with Gasteiger partial charge in [0.1, 0.15) is 0 Å². The van der Waals surface area contributed by atoms with Crippen LogP contribution in [0, 0.1) is 5.41 Å². The van der Waals surface area contributed by atoms with E-state index in [1.54, 1.807) is 0 Å². The van der Waals surface area contributed by atoms with Crippen LogP contribution in [-0.4, -0.2) is 35.5 Å². The maximum absolute atomic E-state index is 10.9. The van der Waals surface area contributed by atoms with E-state index in [0.717, 1.165) is 0 Å².